The predicted octanol–water partition coefficient (Wildman–Crippen LogP) is 3.01. The molecule has 0 aliphatic heterocycles. The van der Waals surface area contributed by atoms with Crippen LogP contribution in [0.5, 0.6) is 0 Å². The van der Waals surface area contributed by atoms with Gasteiger partial charge in [0.15, 0.2) is 17.6 Å². The number of hydrogen-bond donors (Lipinski definition) is 2. The Kier molecular flexibility index (Phi) is 5.96. The molecule has 0 amide bonds. The van der Waals surface area contributed by atoms with E-state index in [2.05, 4.69) is 15.6 Å². The number of hydrogen-bond acceptors (Lipinski definition) is 1. The summed E-state index contributed by atoms with van der Waals surface area (Å²) in [5.74, 6) is -0.796. The van der Waals surface area contributed by atoms with Gasteiger partial charge in [-0.25, -0.2) is 8.78 Å². The predicted molar refractivity (Wildman–Crippen MR) is 81.4 cm³/mol. The molecule has 1 aromatic carbocycles. The Labute approximate surface area is 124 Å². The van der Waals surface area contributed by atoms with Crippen LogP contribution in [-0.2, 0) is 6.42 Å². The van der Waals surface area contributed by atoms with E-state index in [1.165, 1.54) is 31.7 Å². The number of rotatable bonds is 5. The second-order valence-electron chi connectivity index (χ2n) is 5.35. The van der Waals surface area contributed by atoms with Crippen LogP contribution in [0.2, 0.25) is 0 Å². The molecular weight excluding hydrogens is 272 g/mol. The lowest BCUT2D eigenvalue weighted by molar-refractivity contribution is 0.499. The SMILES string of the molecule is CCNC(=NCCc1cccc(F)c1F)NC1CCCC1. The first-order valence-electron chi connectivity index (χ1n) is 7.68. The molecule has 0 bridgehead atoms. The Morgan fingerprint density at radius 2 is 2.05 bits per heavy atom. The van der Waals surface area contributed by atoms with Crippen LogP contribution in [0.15, 0.2) is 23.2 Å². The summed E-state index contributed by atoms with van der Waals surface area (Å²) in [7, 11) is 0. The fourth-order valence-electron chi connectivity index (χ4n) is 2.61. The van der Waals surface area contributed by atoms with Gasteiger partial charge in [0.25, 0.3) is 0 Å². The summed E-state index contributed by atoms with van der Waals surface area (Å²) >= 11 is 0. The highest BCUT2D eigenvalue weighted by Crippen LogP contribution is 2.17. The van der Waals surface area contributed by atoms with Crippen molar-refractivity contribution in [2.24, 2.45) is 4.99 Å². The molecule has 0 atom stereocenters. The molecule has 1 aliphatic rings. The zero-order chi connectivity index (χ0) is 15.1. The number of nitrogens with one attached hydrogen (secondary N) is 2. The third kappa shape index (κ3) is 4.69. The van der Waals surface area contributed by atoms with E-state index in [1.807, 2.05) is 6.92 Å². The fraction of sp³-hybridized carbons (Fsp3) is 0.562. The summed E-state index contributed by atoms with van der Waals surface area (Å²) in [6.45, 7) is 3.23. The van der Waals surface area contributed by atoms with Crippen LogP contribution in [0.3, 0.4) is 0 Å². The van der Waals surface area contributed by atoms with Gasteiger partial charge in [0, 0.05) is 19.1 Å². The fourth-order valence-corrected chi connectivity index (χ4v) is 2.61. The normalized spacial score (nSPS) is 16.2. The molecule has 21 heavy (non-hydrogen) atoms. The summed E-state index contributed by atoms with van der Waals surface area (Å²) in [6, 6.07) is 4.74. The van der Waals surface area contributed by atoms with Crippen LogP contribution in [0.4, 0.5) is 8.78 Å². The van der Waals surface area contributed by atoms with Gasteiger partial charge in [0.05, 0.1) is 0 Å². The first-order valence-corrected chi connectivity index (χ1v) is 7.68. The topological polar surface area (TPSA) is 36.4 Å². The molecule has 1 fully saturated rings. The van der Waals surface area contributed by atoms with E-state index in [1.54, 1.807) is 6.07 Å². The molecule has 116 valence electrons. The molecule has 2 N–H and O–H groups in total. The highest BCUT2D eigenvalue weighted by atomic mass is 19.2. The number of nitrogens with zero attached hydrogens (tertiary/aromatic N) is 1. The highest BCUT2D eigenvalue weighted by molar-refractivity contribution is 5.80. The minimum absolute atomic E-state index is 0.371. The Bertz CT molecular complexity index is 482. The van der Waals surface area contributed by atoms with Gasteiger partial charge in [-0.2, -0.15) is 0 Å². The van der Waals surface area contributed by atoms with Gasteiger partial charge in [0.1, 0.15) is 0 Å². The van der Waals surface area contributed by atoms with Crippen molar-refractivity contribution in [3.63, 3.8) is 0 Å². The maximum absolute atomic E-state index is 13.5. The molecule has 0 radical (unpaired) electrons. The molecule has 0 aromatic heterocycles. The maximum Gasteiger partial charge on any atom is 0.191 e. The molecule has 5 heteroatoms. The smallest absolute Gasteiger partial charge is 0.191 e. The van der Waals surface area contributed by atoms with Crippen molar-refractivity contribution < 1.29 is 8.78 Å². The van der Waals surface area contributed by atoms with Crippen LogP contribution in [-0.4, -0.2) is 25.1 Å². The summed E-state index contributed by atoms with van der Waals surface area (Å²) in [5.41, 5.74) is 0.371. The van der Waals surface area contributed by atoms with Crippen LogP contribution in [0, 0.1) is 11.6 Å². The van der Waals surface area contributed by atoms with Crippen LogP contribution < -0.4 is 10.6 Å². The number of halogens is 2. The van der Waals surface area contributed by atoms with Crippen molar-refractivity contribution in [3.05, 3.63) is 35.4 Å². The summed E-state index contributed by atoms with van der Waals surface area (Å²) in [6.07, 6.45) is 5.24. The molecule has 0 heterocycles. The Morgan fingerprint density at radius 3 is 2.76 bits per heavy atom. The van der Waals surface area contributed by atoms with Gasteiger partial charge < -0.3 is 10.6 Å². The Balaban J connectivity index is 1.90. The lowest BCUT2D eigenvalue weighted by Crippen LogP contribution is -2.42. The van der Waals surface area contributed by atoms with E-state index in [-0.39, 0.29) is 0 Å². The number of guanidine groups is 1. The summed E-state index contributed by atoms with van der Waals surface area (Å²) in [5, 5.41) is 6.59. The van der Waals surface area contributed by atoms with Crippen molar-refractivity contribution in [3.8, 4) is 0 Å². The molecule has 1 aliphatic carbocycles. The largest absolute Gasteiger partial charge is 0.357 e. The first-order chi connectivity index (χ1) is 10.2. The Morgan fingerprint density at radius 1 is 1.29 bits per heavy atom. The minimum Gasteiger partial charge on any atom is -0.357 e. The third-order valence-corrected chi connectivity index (χ3v) is 3.72. The third-order valence-electron chi connectivity index (χ3n) is 3.72. The van der Waals surface area contributed by atoms with E-state index >= 15 is 0 Å². The maximum atomic E-state index is 13.5. The minimum atomic E-state index is -0.799. The Hall–Kier alpha value is -1.65. The van der Waals surface area contributed by atoms with Crippen molar-refractivity contribution in [2.45, 2.75) is 45.1 Å². The highest BCUT2D eigenvalue weighted by Gasteiger charge is 2.15. The molecule has 1 saturated carbocycles. The summed E-state index contributed by atoms with van der Waals surface area (Å²) in [4.78, 5) is 4.45. The lowest BCUT2D eigenvalue weighted by Gasteiger charge is -2.16. The second kappa shape index (κ2) is 7.96. The molecule has 0 unspecified atom stereocenters. The molecule has 0 saturated heterocycles. The van der Waals surface area contributed by atoms with E-state index in [0.717, 1.165) is 18.6 Å². The van der Waals surface area contributed by atoms with Crippen molar-refractivity contribution in [1.29, 1.82) is 0 Å². The van der Waals surface area contributed by atoms with Gasteiger partial charge in [-0.05, 0) is 37.8 Å². The molecule has 2 rings (SSSR count). The molecule has 0 spiro atoms. The average molecular weight is 295 g/mol. The first kappa shape index (κ1) is 15.7. The van der Waals surface area contributed by atoms with Gasteiger partial charge in [-0.1, -0.05) is 25.0 Å². The van der Waals surface area contributed by atoms with Crippen LogP contribution in [0.25, 0.3) is 0 Å². The average Bonchev–Trinajstić information content (AvgIpc) is 2.96. The zero-order valence-electron chi connectivity index (χ0n) is 12.5. The van der Waals surface area contributed by atoms with Crippen molar-refractivity contribution in [1.82, 2.24) is 10.6 Å². The molecule has 1 aromatic rings. The quantitative estimate of drug-likeness (QED) is 0.647. The van der Waals surface area contributed by atoms with E-state index in [9.17, 15) is 8.78 Å². The van der Waals surface area contributed by atoms with Gasteiger partial charge >= 0.3 is 0 Å². The van der Waals surface area contributed by atoms with Gasteiger partial charge in [-0.3, -0.25) is 4.99 Å². The van der Waals surface area contributed by atoms with E-state index < -0.39 is 11.6 Å². The van der Waals surface area contributed by atoms with E-state index in [4.69, 9.17) is 0 Å². The van der Waals surface area contributed by atoms with Crippen molar-refractivity contribution in [2.75, 3.05) is 13.1 Å². The molecule has 3 nitrogen and oxygen atoms in total. The second-order valence-corrected chi connectivity index (χ2v) is 5.35. The van der Waals surface area contributed by atoms with Crippen molar-refractivity contribution >= 4 is 5.96 Å². The van der Waals surface area contributed by atoms with Crippen LogP contribution in [0.1, 0.15) is 38.2 Å². The number of benzene rings is 1. The molecular formula is C16H23F2N3. The lowest BCUT2D eigenvalue weighted by atomic mass is 10.1. The standard InChI is InChI=1S/C16H23F2N3/c1-2-19-16(21-13-7-3-4-8-13)20-11-10-12-6-5-9-14(17)15(12)18/h5-6,9,13H,2-4,7-8,10-11H2,1H3,(H2,19,20,21). The zero-order valence-corrected chi connectivity index (χ0v) is 12.5. The monoisotopic (exact) mass is 295 g/mol. The van der Waals surface area contributed by atoms with Gasteiger partial charge in [-0.15, -0.1) is 0 Å². The van der Waals surface area contributed by atoms with Gasteiger partial charge in [0.2, 0.25) is 0 Å². The number of aliphatic imine (C=N–C) groups is 1. The van der Waals surface area contributed by atoms with E-state index in [0.29, 0.717) is 24.6 Å². The van der Waals surface area contributed by atoms with Crippen LogP contribution >= 0.6 is 0 Å². The summed E-state index contributed by atoms with van der Waals surface area (Å²) < 4.78 is 26.7.